The lowest BCUT2D eigenvalue weighted by Gasteiger charge is -2.22. The van der Waals surface area contributed by atoms with E-state index in [0.717, 1.165) is 22.6 Å². The van der Waals surface area contributed by atoms with Gasteiger partial charge in [0.25, 0.3) is 0 Å². The van der Waals surface area contributed by atoms with E-state index in [4.69, 9.17) is 10.5 Å². The number of nitrogen functional groups attached to an aromatic ring is 1. The van der Waals surface area contributed by atoms with Crippen molar-refractivity contribution in [1.29, 1.82) is 0 Å². The van der Waals surface area contributed by atoms with E-state index in [1.165, 1.54) is 0 Å². The summed E-state index contributed by atoms with van der Waals surface area (Å²) in [5, 5.41) is 17.7. The minimum absolute atomic E-state index is 0.0135. The average molecular weight is 488 g/mol. The zero-order valence-corrected chi connectivity index (χ0v) is 20.8. The number of rotatable bonds is 9. The molecule has 0 spiro atoms. The molecule has 4 rings (SSSR count). The lowest BCUT2D eigenvalue weighted by molar-refractivity contribution is -0.138. The number of carboxylic acids is 1. The molecule has 0 aliphatic heterocycles. The van der Waals surface area contributed by atoms with E-state index in [1.54, 1.807) is 10.9 Å². The van der Waals surface area contributed by atoms with Gasteiger partial charge in [-0.3, -0.25) is 9.78 Å². The van der Waals surface area contributed by atoms with Gasteiger partial charge in [0.05, 0.1) is 42.9 Å². The van der Waals surface area contributed by atoms with Gasteiger partial charge in [-0.2, -0.15) is 0 Å². The molecule has 3 heterocycles. The van der Waals surface area contributed by atoms with Crippen LogP contribution in [0, 0.1) is 6.92 Å². The van der Waals surface area contributed by atoms with Crippen LogP contribution in [0.15, 0.2) is 48.7 Å². The number of carbonyl (C=O) groups is 1. The third kappa shape index (κ3) is 5.48. The van der Waals surface area contributed by atoms with Crippen LogP contribution in [-0.4, -0.2) is 47.6 Å². The van der Waals surface area contributed by atoms with Crippen LogP contribution in [0.2, 0.25) is 0 Å². The first kappa shape index (κ1) is 24.8. The van der Waals surface area contributed by atoms with E-state index in [1.807, 2.05) is 70.2 Å². The number of ether oxygens (including phenoxy) is 1. The zero-order valence-electron chi connectivity index (χ0n) is 20.8. The minimum atomic E-state index is -0.865. The summed E-state index contributed by atoms with van der Waals surface area (Å²) in [4.78, 5) is 24.7. The van der Waals surface area contributed by atoms with Crippen LogP contribution in [0.3, 0.4) is 0 Å². The molecule has 3 aromatic heterocycles. The molecular formula is C26H29N7O3. The highest BCUT2D eigenvalue weighted by Crippen LogP contribution is 2.33. The van der Waals surface area contributed by atoms with E-state index < -0.39 is 11.4 Å². The maximum atomic E-state index is 11.2. The van der Waals surface area contributed by atoms with Gasteiger partial charge in [0.15, 0.2) is 0 Å². The number of pyridine rings is 1. The molecule has 0 atom stereocenters. The zero-order chi connectivity index (χ0) is 25.9. The Hall–Kier alpha value is -4.34. The highest BCUT2D eigenvalue weighted by molar-refractivity contribution is 5.73. The summed E-state index contributed by atoms with van der Waals surface area (Å²) in [5.41, 5.74) is 10.4. The topological polar surface area (TPSA) is 142 Å². The van der Waals surface area contributed by atoms with Gasteiger partial charge in [0.2, 0.25) is 5.95 Å². The first-order valence-corrected chi connectivity index (χ1v) is 11.6. The van der Waals surface area contributed by atoms with Crippen molar-refractivity contribution in [1.82, 2.24) is 29.9 Å². The van der Waals surface area contributed by atoms with Crippen molar-refractivity contribution in [2.24, 2.45) is 0 Å². The highest BCUT2D eigenvalue weighted by Gasteiger charge is 2.26. The van der Waals surface area contributed by atoms with Crippen molar-refractivity contribution in [3.8, 4) is 28.4 Å². The van der Waals surface area contributed by atoms with Gasteiger partial charge in [0.1, 0.15) is 11.4 Å². The molecule has 0 fully saturated rings. The third-order valence-corrected chi connectivity index (χ3v) is 5.74. The monoisotopic (exact) mass is 487 g/mol. The Morgan fingerprint density at radius 1 is 1.08 bits per heavy atom. The molecule has 4 aromatic rings. The van der Waals surface area contributed by atoms with Gasteiger partial charge in [-0.05, 0) is 43.7 Å². The van der Waals surface area contributed by atoms with Crippen molar-refractivity contribution in [2.45, 2.75) is 46.1 Å². The van der Waals surface area contributed by atoms with Crippen molar-refractivity contribution >= 4 is 11.9 Å². The lowest BCUT2D eigenvalue weighted by Crippen LogP contribution is -2.23. The maximum Gasteiger partial charge on any atom is 0.304 e. The van der Waals surface area contributed by atoms with E-state index in [2.05, 4.69) is 25.3 Å². The Morgan fingerprint density at radius 3 is 2.58 bits per heavy atom. The predicted octanol–water partition coefficient (Wildman–Crippen LogP) is 3.89. The number of nitrogens with zero attached hydrogens (tertiary/aromatic N) is 6. The standard InChI is InChI=1S/C26H29N7O3/c1-5-36-24-16(2)8-6-10-18(24)19-12-20(30-25(27)29-19)21-15-33(32-31-21)14-17-9-7-11-22(28-17)26(3,4)13-23(34)35/h6-12,15H,5,13-14H2,1-4H3,(H,34,35)(H2,27,29,30). The number of carboxylic acid groups (broad SMARTS) is 1. The molecule has 0 bridgehead atoms. The minimum Gasteiger partial charge on any atom is -0.493 e. The fourth-order valence-electron chi connectivity index (χ4n) is 4.00. The summed E-state index contributed by atoms with van der Waals surface area (Å²) in [5.74, 6) is 0.0103. The van der Waals surface area contributed by atoms with E-state index >= 15 is 0 Å². The number of aromatic nitrogens is 6. The second-order valence-corrected chi connectivity index (χ2v) is 9.15. The van der Waals surface area contributed by atoms with Crippen molar-refractivity contribution in [2.75, 3.05) is 12.3 Å². The van der Waals surface area contributed by atoms with Gasteiger partial charge in [-0.15, -0.1) is 5.10 Å². The van der Waals surface area contributed by atoms with Gasteiger partial charge in [-0.25, -0.2) is 14.6 Å². The number of aryl methyl sites for hydroxylation is 1. The normalized spacial score (nSPS) is 11.4. The number of benzene rings is 1. The Morgan fingerprint density at radius 2 is 1.83 bits per heavy atom. The quantitative estimate of drug-likeness (QED) is 0.359. The average Bonchev–Trinajstić information content (AvgIpc) is 3.28. The molecule has 10 heteroatoms. The molecule has 0 unspecified atom stereocenters. The summed E-state index contributed by atoms with van der Waals surface area (Å²) in [6.45, 7) is 8.54. The molecule has 0 saturated heterocycles. The molecule has 10 nitrogen and oxygen atoms in total. The second-order valence-electron chi connectivity index (χ2n) is 9.15. The summed E-state index contributed by atoms with van der Waals surface area (Å²) in [6.07, 6.45) is 1.75. The van der Waals surface area contributed by atoms with Crippen LogP contribution < -0.4 is 10.5 Å². The molecule has 36 heavy (non-hydrogen) atoms. The Balaban J connectivity index is 1.61. The molecule has 186 valence electrons. The number of aliphatic carboxylic acids is 1. The maximum absolute atomic E-state index is 11.2. The molecular weight excluding hydrogens is 458 g/mol. The molecule has 1 aromatic carbocycles. The Kier molecular flexibility index (Phi) is 6.96. The van der Waals surface area contributed by atoms with Crippen LogP contribution in [0.4, 0.5) is 5.95 Å². The Bertz CT molecular complexity index is 1400. The fourth-order valence-corrected chi connectivity index (χ4v) is 4.00. The van der Waals surface area contributed by atoms with E-state index in [0.29, 0.717) is 35.9 Å². The predicted molar refractivity (Wildman–Crippen MR) is 135 cm³/mol. The van der Waals surface area contributed by atoms with Gasteiger partial charge >= 0.3 is 5.97 Å². The molecule has 0 amide bonds. The molecule has 3 N–H and O–H groups in total. The number of hydrogen-bond acceptors (Lipinski definition) is 8. The summed E-state index contributed by atoms with van der Waals surface area (Å²) in [7, 11) is 0. The number of nitrogens with two attached hydrogens (primary N) is 1. The summed E-state index contributed by atoms with van der Waals surface area (Å²) in [6, 6.07) is 13.3. The molecule has 0 radical (unpaired) electrons. The van der Waals surface area contributed by atoms with Crippen molar-refractivity contribution in [3.05, 3.63) is 65.6 Å². The second kappa shape index (κ2) is 10.1. The van der Waals surface area contributed by atoms with Crippen molar-refractivity contribution in [3.63, 3.8) is 0 Å². The van der Waals surface area contributed by atoms with Crippen LogP contribution in [-0.2, 0) is 16.8 Å². The van der Waals surface area contributed by atoms with Crippen LogP contribution in [0.5, 0.6) is 5.75 Å². The van der Waals surface area contributed by atoms with Crippen LogP contribution >= 0.6 is 0 Å². The first-order chi connectivity index (χ1) is 17.2. The van der Waals surface area contributed by atoms with E-state index in [-0.39, 0.29) is 12.4 Å². The number of hydrogen-bond donors (Lipinski definition) is 2. The smallest absolute Gasteiger partial charge is 0.304 e. The fraction of sp³-hybridized carbons (Fsp3) is 0.308. The lowest BCUT2D eigenvalue weighted by atomic mass is 9.85. The summed E-state index contributed by atoms with van der Waals surface area (Å²) < 4.78 is 7.51. The first-order valence-electron chi connectivity index (χ1n) is 11.6. The van der Waals surface area contributed by atoms with Gasteiger partial charge in [0, 0.05) is 16.7 Å². The highest BCUT2D eigenvalue weighted by atomic mass is 16.5. The van der Waals surface area contributed by atoms with Crippen LogP contribution in [0.25, 0.3) is 22.6 Å². The molecule has 0 aliphatic carbocycles. The molecule has 0 aliphatic rings. The Labute approximate surface area is 209 Å². The number of para-hydroxylation sites is 1. The SMILES string of the molecule is CCOc1c(C)cccc1-c1cc(-c2cn(Cc3cccc(C(C)(C)CC(=O)O)n3)nn2)nc(N)n1. The third-order valence-electron chi connectivity index (χ3n) is 5.74. The molecule has 0 saturated carbocycles. The number of anilines is 1. The van der Waals surface area contributed by atoms with Crippen LogP contribution in [0.1, 0.15) is 44.1 Å². The van der Waals surface area contributed by atoms with Gasteiger partial charge < -0.3 is 15.6 Å². The summed E-state index contributed by atoms with van der Waals surface area (Å²) >= 11 is 0. The van der Waals surface area contributed by atoms with Crippen molar-refractivity contribution < 1.29 is 14.6 Å². The van der Waals surface area contributed by atoms with E-state index in [9.17, 15) is 9.90 Å². The largest absolute Gasteiger partial charge is 0.493 e. The van der Waals surface area contributed by atoms with Gasteiger partial charge in [-0.1, -0.05) is 37.3 Å².